The molecule has 1 aliphatic rings. The topological polar surface area (TPSA) is 114 Å². The first-order valence-electron chi connectivity index (χ1n) is 11.1. The quantitative estimate of drug-likeness (QED) is 0.154. The zero-order valence-corrected chi connectivity index (χ0v) is 22.1. The third-order valence-corrected chi connectivity index (χ3v) is 7.39. The fraction of sp³-hybridized carbons (Fsp3) is 0.0769. The summed E-state index contributed by atoms with van der Waals surface area (Å²) >= 11 is 3.04. The zero-order valence-electron chi connectivity index (χ0n) is 19.1. The maximum Gasteiger partial charge on any atom is 0.324 e. The number of thiophene rings is 1. The Morgan fingerprint density at radius 2 is 1.84 bits per heavy atom. The Hall–Kier alpha value is -3.97. The van der Waals surface area contributed by atoms with Gasteiger partial charge in [-0.25, -0.2) is 5.01 Å². The molecule has 0 saturated carbocycles. The summed E-state index contributed by atoms with van der Waals surface area (Å²) in [6.45, 7) is 0.396. The van der Waals surface area contributed by atoms with Crippen LogP contribution in [0.25, 0.3) is 0 Å². The summed E-state index contributed by atoms with van der Waals surface area (Å²) in [6.07, 6.45) is -0.823. The van der Waals surface area contributed by atoms with Gasteiger partial charge < -0.3 is 10.1 Å². The second kappa shape index (κ2) is 10.6. The molecule has 1 atom stereocenters. The monoisotopic (exact) mass is 626 g/mol. The van der Waals surface area contributed by atoms with Gasteiger partial charge in [0, 0.05) is 20.9 Å². The highest BCUT2D eigenvalue weighted by Crippen LogP contribution is 2.37. The van der Waals surface area contributed by atoms with Gasteiger partial charge in [0.25, 0.3) is 11.8 Å². The number of nitro groups is 1. The molecule has 0 unspecified atom stereocenters. The average molecular weight is 626 g/mol. The van der Waals surface area contributed by atoms with Gasteiger partial charge in [0.2, 0.25) is 0 Å². The van der Waals surface area contributed by atoms with Crippen LogP contribution in [0.4, 0.5) is 10.7 Å². The van der Waals surface area contributed by atoms with Crippen LogP contribution >= 0.6 is 33.9 Å². The summed E-state index contributed by atoms with van der Waals surface area (Å²) in [5.74, 6) is -0.331. The van der Waals surface area contributed by atoms with Gasteiger partial charge in [0.15, 0.2) is 6.17 Å². The minimum absolute atomic E-state index is 0.0602. The van der Waals surface area contributed by atoms with Gasteiger partial charge in [0.1, 0.15) is 12.4 Å². The molecule has 0 spiro atoms. The fourth-order valence-corrected chi connectivity index (χ4v) is 5.15. The molecule has 5 rings (SSSR count). The lowest BCUT2D eigenvalue weighted by atomic mass is 10.1. The summed E-state index contributed by atoms with van der Waals surface area (Å²) in [4.78, 5) is 37.8. The molecule has 2 N–H and O–H groups in total. The highest BCUT2D eigenvalue weighted by Gasteiger charge is 2.36. The van der Waals surface area contributed by atoms with Gasteiger partial charge in [-0.1, -0.05) is 41.7 Å². The van der Waals surface area contributed by atoms with Crippen molar-refractivity contribution in [1.82, 2.24) is 10.4 Å². The van der Waals surface area contributed by atoms with Crippen LogP contribution in [0, 0.1) is 13.7 Å². The summed E-state index contributed by atoms with van der Waals surface area (Å²) < 4.78 is 6.64. The van der Waals surface area contributed by atoms with E-state index in [0.717, 1.165) is 20.5 Å². The van der Waals surface area contributed by atoms with E-state index in [1.807, 2.05) is 36.4 Å². The number of anilines is 1. The van der Waals surface area contributed by atoms with Crippen molar-refractivity contribution in [3.8, 4) is 5.75 Å². The Kier molecular flexibility index (Phi) is 7.06. The van der Waals surface area contributed by atoms with Crippen LogP contribution in [-0.4, -0.2) is 21.7 Å². The van der Waals surface area contributed by atoms with Gasteiger partial charge in [-0.2, -0.15) is 0 Å². The van der Waals surface area contributed by atoms with E-state index in [-0.39, 0.29) is 5.00 Å². The predicted molar refractivity (Wildman–Crippen MR) is 147 cm³/mol. The predicted octanol–water partition coefficient (Wildman–Crippen LogP) is 5.75. The van der Waals surface area contributed by atoms with Crippen LogP contribution in [0.15, 0.2) is 84.9 Å². The van der Waals surface area contributed by atoms with E-state index in [2.05, 4.69) is 33.3 Å². The first-order valence-corrected chi connectivity index (χ1v) is 13.0. The first-order chi connectivity index (χ1) is 17.9. The van der Waals surface area contributed by atoms with Crippen LogP contribution in [-0.2, 0) is 6.61 Å². The number of ether oxygens (including phenoxy) is 1. The van der Waals surface area contributed by atoms with Gasteiger partial charge in [0.05, 0.1) is 15.4 Å². The number of rotatable bonds is 7. The molecule has 3 aromatic carbocycles. The molecule has 2 heterocycles. The number of nitrogens with zero attached hydrogens (tertiary/aromatic N) is 2. The minimum atomic E-state index is -0.823. The summed E-state index contributed by atoms with van der Waals surface area (Å²) in [7, 11) is 0. The molecule has 2 amide bonds. The van der Waals surface area contributed by atoms with E-state index in [4.69, 9.17) is 4.74 Å². The Bertz CT molecular complexity index is 1480. The van der Waals surface area contributed by atoms with Crippen LogP contribution < -0.4 is 15.5 Å². The maximum atomic E-state index is 13.5. The third kappa shape index (κ3) is 5.42. The lowest BCUT2D eigenvalue weighted by molar-refractivity contribution is -0.380. The van der Waals surface area contributed by atoms with E-state index in [1.54, 1.807) is 42.5 Å². The second-order valence-corrected chi connectivity index (χ2v) is 10.4. The number of hydrogen-bond donors (Lipinski definition) is 2. The van der Waals surface area contributed by atoms with Crippen LogP contribution in [0.5, 0.6) is 5.75 Å². The normalized spacial score (nSPS) is 14.5. The Labute approximate surface area is 229 Å². The van der Waals surface area contributed by atoms with E-state index in [9.17, 15) is 19.7 Å². The number of hydrogen-bond acceptors (Lipinski definition) is 7. The standard InChI is InChI=1S/C26H19IN4O5S/c27-18-8-11-21-20(14-18)26(33)30(24(28-21)22-12-13-23(37-22)31(34)35)29-25(32)17-6-9-19(10-7-17)36-15-16-4-2-1-3-5-16/h1-14,24,28H,15H2,(H,29,32)/t24-/m1/s1. The molecule has 0 radical (unpaired) electrons. The number of carbonyl (C=O) groups excluding carboxylic acids is 2. The Morgan fingerprint density at radius 1 is 1.08 bits per heavy atom. The molecular weight excluding hydrogens is 607 g/mol. The lowest BCUT2D eigenvalue weighted by Gasteiger charge is -2.37. The lowest BCUT2D eigenvalue weighted by Crippen LogP contribution is -2.52. The van der Waals surface area contributed by atoms with Crippen LogP contribution in [0.1, 0.15) is 37.3 Å². The van der Waals surface area contributed by atoms with Gasteiger partial charge >= 0.3 is 5.00 Å². The third-order valence-electron chi connectivity index (χ3n) is 5.63. The highest BCUT2D eigenvalue weighted by atomic mass is 127. The molecule has 0 aliphatic carbocycles. The van der Waals surface area contributed by atoms with Gasteiger partial charge in [-0.15, -0.1) is 0 Å². The van der Waals surface area contributed by atoms with Crippen molar-refractivity contribution in [2.45, 2.75) is 12.8 Å². The summed E-state index contributed by atoms with van der Waals surface area (Å²) in [5, 5.41) is 15.6. The molecule has 9 nitrogen and oxygen atoms in total. The van der Waals surface area contributed by atoms with Crippen molar-refractivity contribution in [2.75, 3.05) is 5.32 Å². The van der Waals surface area contributed by atoms with E-state index in [0.29, 0.717) is 34.0 Å². The molecule has 1 aliphatic heterocycles. The van der Waals surface area contributed by atoms with Crippen molar-refractivity contribution in [3.63, 3.8) is 0 Å². The van der Waals surface area contributed by atoms with Crippen molar-refractivity contribution in [2.24, 2.45) is 0 Å². The number of carbonyl (C=O) groups is 2. The van der Waals surface area contributed by atoms with Crippen molar-refractivity contribution in [1.29, 1.82) is 0 Å². The molecule has 1 aromatic heterocycles. The zero-order chi connectivity index (χ0) is 25.9. The number of hydrazine groups is 1. The Balaban J connectivity index is 1.36. The fourth-order valence-electron chi connectivity index (χ4n) is 3.80. The maximum absolute atomic E-state index is 13.5. The molecule has 37 heavy (non-hydrogen) atoms. The minimum Gasteiger partial charge on any atom is -0.489 e. The van der Waals surface area contributed by atoms with Gasteiger partial charge in [-0.3, -0.25) is 25.1 Å². The van der Waals surface area contributed by atoms with E-state index in [1.165, 1.54) is 11.1 Å². The van der Waals surface area contributed by atoms with E-state index >= 15 is 0 Å². The summed E-state index contributed by atoms with van der Waals surface area (Å²) in [6, 6.07) is 24.6. The van der Waals surface area contributed by atoms with Crippen molar-refractivity contribution < 1.29 is 19.2 Å². The summed E-state index contributed by atoms with van der Waals surface area (Å²) in [5.41, 5.74) is 5.00. The molecule has 186 valence electrons. The Morgan fingerprint density at radius 3 is 2.54 bits per heavy atom. The highest BCUT2D eigenvalue weighted by molar-refractivity contribution is 14.1. The first kappa shape index (κ1) is 24.7. The number of amides is 2. The molecule has 0 saturated heterocycles. The molecule has 11 heteroatoms. The number of benzene rings is 3. The van der Waals surface area contributed by atoms with Crippen LogP contribution in [0.2, 0.25) is 0 Å². The van der Waals surface area contributed by atoms with Gasteiger partial charge in [-0.05, 0) is 76.7 Å². The second-order valence-electron chi connectivity index (χ2n) is 8.08. The number of nitrogens with one attached hydrogen (secondary N) is 2. The van der Waals surface area contributed by atoms with E-state index < -0.39 is 22.9 Å². The molecule has 0 fully saturated rings. The molecule has 0 bridgehead atoms. The van der Waals surface area contributed by atoms with Crippen LogP contribution in [0.3, 0.4) is 0 Å². The SMILES string of the molecule is O=C(NN1C(=O)c2cc(I)ccc2N[C@H]1c1ccc([N+](=O)[O-])s1)c1ccc(OCc2ccccc2)cc1. The number of halogens is 1. The smallest absolute Gasteiger partial charge is 0.324 e. The molecular formula is C26H19IN4O5S. The molecule has 4 aromatic rings. The number of fused-ring (bicyclic) bond motifs is 1. The van der Waals surface area contributed by atoms with Crippen molar-refractivity contribution in [3.05, 3.63) is 120 Å². The largest absolute Gasteiger partial charge is 0.489 e. The van der Waals surface area contributed by atoms with Crippen molar-refractivity contribution >= 4 is 56.4 Å². The average Bonchev–Trinajstić information content (AvgIpc) is 3.41.